The van der Waals surface area contributed by atoms with Gasteiger partial charge in [0.15, 0.2) is 5.78 Å². The van der Waals surface area contributed by atoms with E-state index in [1.807, 2.05) is 20.8 Å². The Labute approximate surface area is 93.1 Å². The van der Waals surface area contributed by atoms with Crippen LogP contribution in [0.2, 0.25) is 0 Å². The molecule has 0 aliphatic rings. The predicted octanol–water partition coefficient (Wildman–Crippen LogP) is 2.57. The van der Waals surface area contributed by atoms with Gasteiger partial charge in [0.1, 0.15) is 11.7 Å². The van der Waals surface area contributed by atoms with Crippen molar-refractivity contribution in [1.82, 2.24) is 0 Å². The second-order valence-corrected chi connectivity index (χ2v) is 4.95. The van der Waals surface area contributed by atoms with Gasteiger partial charge < -0.3 is 9.47 Å². The molecule has 0 fully saturated rings. The highest BCUT2D eigenvalue weighted by molar-refractivity contribution is 5.90. The Morgan fingerprint density at radius 2 is 1.73 bits per heavy atom. The van der Waals surface area contributed by atoms with Crippen molar-refractivity contribution in [1.29, 1.82) is 0 Å². The Morgan fingerprint density at radius 3 is 2.07 bits per heavy atom. The zero-order valence-corrected chi connectivity index (χ0v) is 11.0. The number of rotatable bonds is 6. The fourth-order valence-corrected chi connectivity index (χ4v) is 1.21. The van der Waals surface area contributed by atoms with E-state index in [1.165, 1.54) is 7.11 Å². The van der Waals surface area contributed by atoms with Crippen LogP contribution in [-0.4, -0.2) is 30.2 Å². The molecule has 0 heterocycles. The summed E-state index contributed by atoms with van der Waals surface area (Å²) in [7, 11) is 1.54. The van der Waals surface area contributed by atoms with Gasteiger partial charge in [0.25, 0.3) is 0 Å². The van der Waals surface area contributed by atoms with E-state index in [4.69, 9.17) is 9.47 Å². The summed E-state index contributed by atoms with van der Waals surface area (Å²) >= 11 is 0. The topological polar surface area (TPSA) is 35.5 Å². The monoisotopic (exact) mass is 216 g/mol. The SMILES string of the molecule is CCC(C)(C)OC(C)C(=O)C(C)(C)OC. The van der Waals surface area contributed by atoms with Gasteiger partial charge in [-0.15, -0.1) is 0 Å². The number of carbonyl (C=O) groups excluding carboxylic acids is 1. The van der Waals surface area contributed by atoms with Gasteiger partial charge in [-0.1, -0.05) is 6.92 Å². The first-order valence-corrected chi connectivity index (χ1v) is 5.43. The molecule has 0 aromatic rings. The van der Waals surface area contributed by atoms with Crippen molar-refractivity contribution in [2.75, 3.05) is 7.11 Å². The smallest absolute Gasteiger partial charge is 0.192 e. The van der Waals surface area contributed by atoms with Crippen molar-refractivity contribution in [3.8, 4) is 0 Å². The van der Waals surface area contributed by atoms with Gasteiger partial charge in [-0.25, -0.2) is 0 Å². The van der Waals surface area contributed by atoms with Gasteiger partial charge in [0.05, 0.1) is 5.60 Å². The molecule has 0 aromatic carbocycles. The molecule has 0 spiro atoms. The van der Waals surface area contributed by atoms with Crippen LogP contribution in [0.1, 0.15) is 48.0 Å². The van der Waals surface area contributed by atoms with Crippen LogP contribution < -0.4 is 0 Å². The van der Waals surface area contributed by atoms with Gasteiger partial charge in [0, 0.05) is 7.11 Å². The molecule has 0 saturated heterocycles. The highest BCUT2D eigenvalue weighted by Crippen LogP contribution is 2.20. The van der Waals surface area contributed by atoms with E-state index in [1.54, 1.807) is 20.8 Å². The lowest BCUT2D eigenvalue weighted by molar-refractivity contribution is -0.158. The van der Waals surface area contributed by atoms with Gasteiger partial charge >= 0.3 is 0 Å². The first-order valence-electron chi connectivity index (χ1n) is 5.43. The second kappa shape index (κ2) is 5.08. The van der Waals surface area contributed by atoms with Crippen LogP contribution in [-0.2, 0) is 14.3 Å². The maximum Gasteiger partial charge on any atom is 0.192 e. The fraction of sp³-hybridized carbons (Fsp3) is 0.917. The molecule has 3 heteroatoms. The molecule has 0 bridgehead atoms. The molecule has 1 unspecified atom stereocenters. The molecule has 90 valence electrons. The minimum atomic E-state index is -0.775. The predicted molar refractivity (Wildman–Crippen MR) is 61.0 cm³/mol. The van der Waals surface area contributed by atoms with Gasteiger partial charge in [-0.2, -0.15) is 0 Å². The minimum absolute atomic E-state index is 0.0217. The molecular formula is C12H24O3. The van der Waals surface area contributed by atoms with Gasteiger partial charge in [-0.3, -0.25) is 4.79 Å². The standard InChI is InChI=1S/C12H24O3/c1-8-11(3,4)15-9(2)10(13)12(5,6)14-7/h9H,8H2,1-7H3. The van der Waals surface area contributed by atoms with Crippen molar-refractivity contribution in [2.45, 2.75) is 65.3 Å². The maximum atomic E-state index is 11.9. The van der Waals surface area contributed by atoms with Crippen LogP contribution in [0.25, 0.3) is 0 Å². The summed E-state index contributed by atoms with van der Waals surface area (Å²) in [4.78, 5) is 11.9. The van der Waals surface area contributed by atoms with Crippen LogP contribution in [0, 0.1) is 0 Å². The molecule has 0 aliphatic heterocycles. The first kappa shape index (κ1) is 14.6. The van der Waals surface area contributed by atoms with E-state index in [-0.39, 0.29) is 11.4 Å². The minimum Gasteiger partial charge on any atom is -0.371 e. The number of Topliss-reactive ketones (excluding diaryl/α,β-unsaturated/α-hetero) is 1. The molecule has 0 N–H and O–H groups in total. The van der Waals surface area contributed by atoms with E-state index in [0.29, 0.717) is 0 Å². The molecule has 1 atom stereocenters. The average Bonchev–Trinajstić information content (AvgIpc) is 2.16. The number of ketones is 1. The van der Waals surface area contributed by atoms with Gasteiger partial charge in [-0.05, 0) is 41.0 Å². The number of hydrogen-bond donors (Lipinski definition) is 0. The quantitative estimate of drug-likeness (QED) is 0.684. The summed E-state index contributed by atoms with van der Waals surface area (Å²) in [6.45, 7) is 11.3. The van der Waals surface area contributed by atoms with E-state index in [2.05, 4.69) is 0 Å². The zero-order chi connectivity index (χ0) is 12.3. The zero-order valence-electron chi connectivity index (χ0n) is 11.0. The van der Waals surface area contributed by atoms with Crippen LogP contribution >= 0.6 is 0 Å². The normalized spacial score (nSPS) is 15.1. The van der Waals surface area contributed by atoms with Gasteiger partial charge in [0.2, 0.25) is 0 Å². The highest BCUT2D eigenvalue weighted by Gasteiger charge is 2.34. The Balaban J connectivity index is 4.47. The molecule has 15 heavy (non-hydrogen) atoms. The first-order chi connectivity index (χ1) is 6.66. The summed E-state index contributed by atoms with van der Waals surface area (Å²) in [5.41, 5.74) is -1.04. The molecule has 0 amide bonds. The van der Waals surface area contributed by atoms with E-state index >= 15 is 0 Å². The van der Waals surface area contributed by atoms with Crippen LogP contribution in [0.15, 0.2) is 0 Å². The fourth-order valence-electron chi connectivity index (χ4n) is 1.21. The molecule has 0 aliphatic carbocycles. The summed E-state index contributed by atoms with van der Waals surface area (Å²) in [5.74, 6) is -0.0217. The summed E-state index contributed by atoms with van der Waals surface area (Å²) in [6, 6.07) is 0. The average molecular weight is 216 g/mol. The summed E-state index contributed by atoms with van der Waals surface area (Å²) in [5, 5.41) is 0. The lowest BCUT2D eigenvalue weighted by Crippen LogP contribution is -2.44. The Morgan fingerprint density at radius 1 is 1.27 bits per heavy atom. The summed E-state index contributed by atoms with van der Waals surface area (Å²) < 4.78 is 10.8. The molecule has 3 nitrogen and oxygen atoms in total. The summed E-state index contributed by atoms with van der Waals surface area (Å²) in [6.07, 6.45) is 0.438. The number of hydrogen-bond acceptors (Lipinski definition) is 3. The lowest BCUT2D eigenvalue weighted by Gasteiger charge is -2.31. The van der Waals surface area contributed by atoms with Crippen molar-refractivity contribution in [2.24, 2.45) is 0 Å². The maximum absolute atomic E-state index is 11.9. The third-order valence-electron chi connectivity index (χ3n) is 2.82. The van der Waals surface area contributed by atoms with Crippen molar-refractivity contribution in [3.63, 3.8) is 0 Å². The van der Waals surface area contributed by atoms with E-state index in [9.17, 15) is 4.79 Å². The third-order valence-corrected chi connectivity index (χ3v) is 2.82. The number of methoxy groups -OCH3 is 1. The van der Waals surface area contributed by atoms with Crippen LogP contribution in [0.5, 0.6) is 0 Å². The number of ether oxygens (including phenoxy) is 2. The molecule has 0 rings (SSSR count). The molecule has 0 aromatic heterocycles. The number of carbonyl (C=O) groups is 1. The highest BCUT2D eigenvalue weighted by atomic mass is 16.5. The second-order valence-electron chi connectivity index (χ2n) is 4.95. The van der Waals surface area contributed by atoms with Crippen LogP contribution in [0.4, 0.5) is 0 Å². The van der Waals surface area contributed by atoms with Crippen molar-refractivity contribution >= 4 is 5.78 Å². The van der Waals surface area contributed by atoms with E-state index < -0.39 is 11.7 Å². The molecule has 0 saturated carbocycles. The largest absolute Gasteiger partial charge is 0.371 e. The van der Waals surface area contributed by atoms with Crippen LogP contribution in [0.3, 0.4) is 0 Å². The third kappa shape index (κ3) is 4.31. The van der Waals surface area contributed by atoms with Crippen molar-refractivity contribution in [3.05, 3.63) is 0 Å². The van der Waals surface area contributed by atoms with E-state index in [0.717, 1.165) is 6.42 Å². The molecule has 0 radical (unpaired) electrons. The van der Waals surface area contributed by atoms with Crippen molar-refractivity contribution < 1.29 is 14.3 Å². The Bertz CT molecular complexity index is 219. The Hall–Kier alpha value is -0.410. The molecular weight excluding hydrogens is 192 g/mol. The Kier molecular flexibility index (Phi) is 4.94. The lowest BCUT2D eigenvalue weighted by atomic mass is 9.98.